The van der Waals surface area contributed by atoms with E-state index in [1.54, 1.807) is 0 Å². The van der Waals surface area contributed by atoms with Gasteiger partial charge in [-0.05, 0) is 19.8 Å². The van der Waals surface area contributed by atoms with Gasteiger partial charge in [0.05, 0.1) is 0 Å². The zero-order valence-electron chi connectivity index (χ0n) is 9.28. The average Bonchev–Trinajstić information content (AvgIpc) is 2.66. The molecule has 1 aromatic rings. The van der Waals surface area contributed by atoms with Crippen LogP contribution in [-0.4, -0.2) is 35.4 Å². The van der Waals surface area contributed by atoms with E-state index in [1.165, 1.54) is 0 Å². The zero-order chi connectivity index (χ0) is 10.5. The summed E-state index contributed by atoms with van der Waals surface area (Å²) in [6.07, 6.45) is 6.16. The van der Waals surface area contributed by atoms with Crippen molar-refractivity contribution in [1.82, 2.24) is 14.9 Å². The van der Waals surface area contributed by atoms with Gasteiger partial charge in [0.15, 0.2) is 0 Å². The Morgan fingerprint density at radius 1 is 1.53 bits per heavy atom. The molecule has 1 aliphatic rings. The van der Waals surface area contributed by atoms with Gasteiger partial charge in [-0.1, -0.05) is 0 Å². The predicted molar refractivity (Wildman–Crippen MR) is 58.8 cm³/mol. The number of aromatic nitrogens is 2. The molecule has 0 aliphatic carbocycles. The SMILES string of the molecule is Cc1nccn1CCNC1CCOCC1. The first-order valence-corrected chi connectivity index (χ1v) is 5.65. The second-order valence-corrected chi connectivity index (χ2v) is 4.01. The van der Waals surface area contributed by atoms with E-state index in [0.29, 0.717) is 6.04 Å². The highest BCUT2D eigenvalue weighted by atomic mass is 16.5. The summed E-state index contributed by atoms with van der Waals surface area (Å²) in [5.74, 6) is 1.09. The molecule has 2 rings (SSSR count). The lowest BCUT2D eigenvalue weighted by Gasteiger charge is -2.23. The number of aryl methyl sites for hydroxylation is 1. The Morgan fingerprint density at radius 2 is 2.33 bits per heavy atom. The fraction of sp³-hybridized carbons (Fsp3) is 0.727. The molecule has 1 aromatic heterocycles. The van der Waals surface area contributed by atoms with Crippen LogP contribution in [0.5, 0.6) is 0 Å². The number of nitrogens with one attached hydrogen (secondary N) is 1. The van der Waals surface area contributed by atoms with E-state index < -0.39 is 0 Å². The molecule has 4 heteroatoms. The molecule has 0 bridgehead atoms. The molecule has 1 fully saturated rings. The minimum absolute atomic E-state index is 0.641. The van der Waals surface area contributed by atoms with E-state index in [-0.39, 0.29) is 0 Å². The highest BCUT2D eigenvalue weighted by molar-refractivity contribution is 4.88. The van der Waals surface area contributed by atoms with E-state index in [0.717, 1.165) is 45.0 Å². The van der Waals surface area contributed by atoms with Crippen molar-refractivity contribution in [3.8, 4) is 0 Å². The molecule has 2 heterocycles. The maximum Gasteiger partial charge on any atom is 0.105 e. The molecule has 1 N–H and O–H groups in total. The molecule has 0 radical (unpaired) electrons. The average molecular weight is 209 g/mol. The number of rotatable bonds is 4. The Labute approximate surface area is 90.6 Å². The second kappa shape index (κ2) is 5.28. The van der Waals surface area contributed by atoms with Crippen LogP contribution in [0.15, 0.2) is 12.4 Å². The summed E-state index contributed by atoms with van der Waals surface area (Å²) in [6, 6.07) is 0.641. The molecule has 4 nitrogen and oxygen atoms in total. The van der Waals surface area contributed by atoms with Gasteiger partial charge >= 0.3 is 0 Å². The van der Waals surface area contributed by atoms with Gasteiger partial charge in [-0.25, -0.2) is 4.98 Å². The summed E-state index contributed by atoms with van der Waals surface area (Å²) in [5.41, 5.74) is 0. The number of ether oxygens (including phenoxy) is 1. The molecule has 0 amide bonds. The maximum absolute atomic E-state index is 5.32. The summed E-state index contributed by atoms with van der Waals surface area (Å²) >= 11 is 0. The third kappa shape index (κ3) is 3.04. The van der Waals surface area contributed by atoms with E-state index in [4.69, 9.17) is 4.74 Å². The Bertz CT molecular complexity index is 292. The van der Waals surface area contributed by atoms with Crippen molar-refractivity contribution >= 4 is 0 Å². The van der Waals surface area contributed by atoms with Gasteiger partial charge in [-0.2, -0.15) is 0 Å². The molecule has 84 valence electrons. The summed E-state index contributed by atoms with van der Waals surface area (Å²) in [5, 5.41) is 3.56. The topological polar surface area (TPSA) is 39.1 Å². The van der Waals surface area contributed by atoms with Crippen LogP contribution in [0.2, 0.25) is 0 Å². The molecule has 0 spiro atoms. The first-order chi connectivity index (χ1) is 7.36. The van der Waals surface area contributed by atoms with Gasteiger partial charge in [-0.3, -0.25) is 0 Å². The fourth-order valence-corrected chi connectivity index (χ4v) is 1.93. The van der Waals surface area contributed by atoms with Crippen LogP contribution >= 0.6 is 0 Å². The van der Waals surface area contributed by atoms with Crippen LogP contribution in [0.1, 0.15) is 18.7 Å². The standard InChI is InChI=1S/C11H19N3O/c1-10-12-4-6-14(10)7-5-13-11-2-8-15-9-3-11/h4,6,11,13H,2-3,5,7-9H2,1H3. The fourth-order valence-electron chi connectivity index (χ4n) is 1.93. The summed E-state index contributed by atoms with van der Waals surface area (Å²) in [6.45, 7) is 5.86. The molecular formula is C11H19N3O. The second-order valence-electron chi connectivity index (χ2n) is 4.01. The molecular weight excluding hydrogens is 190 g/mol. The maximum atomic E-state index is 5.32. The number of hydrogen-bond acceptors (Lipinski definition) is 3. The van der Waals surface area contributed by atoms with Crippen LogP contribution in [0, 0.1) is 6.92 Å². The lowest BCUT2D eigenvalue weighted by molar-refractivity contribution is 0.0778. The largest absolute Gasteiger partial charge is 0.381 e. The normalized spacial score (nSPS) is 18.2. The van der Waals surface area contributed by atoms with Gasteiger partial charge in [0.25, 0.3) is 0 Å². The van der Waals surface area contributed by atoms with Gasteiger partial charge in [0, 0.05) is 44.7 Å². The monoisotopic (exact) mass is 209 g/mol. The van der Waals surface area contributed by atoms with E-state index >= 15 is 0 Å². The van der Waals surface area contributed by atoms with E-state index in [2.05, 4.69) is 14.9 Å². The minimum atomic E-state index is 0.641. The van der Waals surface area contributed by atoms with Crippen LogP contribution in [0.4, 0.5) is 0 Å². The van der Waals surface area contributed by atoms with Gasteiger partial charge in [0.1, 0.15) is 5.82 Å². The van der Waals surface area contributed by atoms with Gasteiger partial charge in [0.2, 0.25) is 0 Å². The Hall–Kier alpha value is -0.870. The van der Waals surface area contributed by atoms with Crippen LogP contribution in [0.3, 0.4) is 0 Å². The van der Waals surface area contributed by atoms with Crippen molar-refractivity contribution in [3.63, 3.8) is 0 Å². The quantitative estimate of drug-likeness (QED) is 0.803. The Balaban J connectivity index is 1.68. The van der Waals surface area contributed by atoms with E-state index in [9.17, 15) is 0 Å². The first kappa shape index (κ1) is 10.6. The molecule has 0 saturated carbocycles. The minimum Gasteiger partial charge on any atom is -0.381 e. The first-order valence-electron chi connectivity index (χ1n) is 5.65. The molecule has 1 aliphatic heterocycles. The molecule has 0 aromatic carbocycles. The lowest BCUT2D eigenvalue weighted by atomic mass is 10.1. The third-order valence-corrected chi connectivity index (χ3v) is 2.93. The van der Waals surface area contributed by atoms with Crippen LogP contribution in [0.25, 0.3) is 0 Å². The zero-order valence-corrected chi connectivity index (χ0v) is 9.28. The number of nitrogens with zero attached hydrogens (tertiary/aromatic N) is 2. The lowest BCUT2D eigenvalue weighted by Crippen LogP contribution is -2.36. The summed E-state index contributed by atoms with van der Waals surface area (Å²) in [4.78, 5) is 4.20. The highest BCUT2D eigenvalue weighted by Crippen LogP contribution is 2.05. The van der Waals surface area contributed by atoms with Crippen molar-refractivity contribution in [2.45, 2.75) is 32.4 Å². The predicted octanol–water partition coefficient (Wildman–Crippen LogP) is 0.960. The smallest absolute Gasteiger partial charge is 0.105 e. The Morgan fingerprint density at radius 3 is 3.00 bits per heavy atom. The van der Waals surface area contributed by atoms with Gasteiger partial charge in [-0.15, -0.1) is 0 Å². The molecule has 1 saturated heterocycles. The number of imidazole rings is 1. The molecule has 0 atom stereocenters. The van der Waals surface area contributed by atoms with Crippen LogP contribution < -0.4 is 5.32 Å². The molecule has 0 unspecified atom stereocenters. The van der Waals surface area contributed by atoms with Crippen LogP contribution in [-0.2, 0) is 11.3 Å². The van der Waals surface area contributed by atoms with Crippen molar-refractivity contribution in [1.29, 1.82) is 0 Å². The summed E-state index contributed by atoms with van der Waals surface area (Å²) < 4.78 is 7.49. The van der Waals surface area contributed by atoms with E-state index in [1.807, 2.05) is 19.3 Å². The molecule has 15 heavy (non-hydrogen) atoms. The van der Waals surface area contributed by atoms with Crippen molar-refractivity contribution < 1.29 is 4.74 Å². The highest BCUT2D eigenvalue weighted by Gasteiger charge is 2.12. The van der Waals surface area contributed by atoms with Crippen molar-refractivity contribution in [3.05, 3.63) is 18.2 Å². The summed E-state index contributed by atoms with van der Waals surface area (Å²) in [7, 11) is 0. The van der Waals surface area contributed by atoms with Crippen molar-refractivity contribution in [2.75, 3.05) is 19.8 Å². The third-order valence-electron chi connectivity index (χ3n) is 2.93. The Kier molecular flexibility index (Phi) is 3.75. The van der Waals surface area contributed by atoms with Crippen molar-refractivity contribution in [2.24, 2.45) is 0 Å². The number of hydrogen-bond donors (Lipinski definition) is 1. The van der Waals surface area contributed by atoms with Gasteiger partial charge < -0.3 is 14.6 Å².